The molecule has 0 atom stereocenters. The van der Waals surface area contributed by atoms with E-state index in [1.807, 2.05) is 55.7 Å². The highest BCUT2D eigenvalue weighted by Gasteiger charge is 2.04. The maximum absolute atomic E-state index is 5.71. The topological polar surface area (TPSA) is 63.5 Å². The maximum atomic E-state index is 5.71. The Morgan fingerprint density at radius 3 is 2.48 bits per heavy atom. The number of halogens is 1. The number of hydrogen-bond acceptors (Lipinski definition) is 3. The monoisotopic (exact) mass is 505 g/mol. The fraction of sp³-hybridized carbons (Fsp3) is 0.273. The highest BCUT2D eigenvalue weighted by molar-refractivity contribution is 14.0. The largest absolute Gasteiger partial charge is 0.492 e. The van der Waals surface area contributed by atoms with Gasteiger partial charge in [-0.1, -0.05) is 48.5 Å². The molecule has 3 rings (SSSR count). The van der Waals surface area contributed by atoms with Crippen molar-refractivity contribution in [1.82, 2.24) is 20.2 Å². The summed E-state index contributed by atoms with van der Waals surface area (Å²) >= 11 is 0. The van der Waals surface area contributed by atoms with Crippen molar-refractivity contribution in [3.8, 4) is 5.75 Å². The van der Waals surface area contributed by atoms with E-state index >= 15 is 0 Å². The molecule has 1 heterocycles. The quantitative estimate of drug-likeness (QED) is 0.202. The summed E-state index contributed by atoms with van der Waals surface area (Å²) in [7, 11) is 0. The molecule has 6 nitrogen and oxygen atoms in total. The molecule has 0 fully saturated rings. The van der Waals surface area contributed by atoms with Gasteiger partial charge in [-0.25, -0.2) is 9.98 Å². The molecule has 0 aliphatic heterocycles. The number of aliphatic imine (C=N–C) groups is 1. The molecule has 0 saturated carbocycles. The minimum atomic E-state index is 0. The molecule has 2 aromatic carbocycles. The van der Waals surface area contributed by atoms with E-state index in [0.717, 1.165) is 30.6 Å². The van der Waals surface area contributed by atoms with Crippen LogP contribution >= 0.6 is 24.0 Å². The zero-order valence-electron chi connectivity index (χ0n) is 16.6. The van der Waals surface area contributed by atoms with Crippen LogP contribution in [-0.4, -0.2) is 35.2 Å². The van der Waals surface area contributed by atoms with Gasteiger partial charge < -0.3 is 19.9 Å². The lowest BCUT2D eigenvalue weighted by Crippen LogP contribution is -2.39. The number of nitrogens with one attached hydrogen (secondary N) is 2. The molecule has 0 saturated heterocycles. The SMILES string of the molecule is CCNC(=NCc1nccn1Cc1ccccc1)NCCOc1ccccc1.I. The third kappa shape index (κ3) is 7.77. The first-order chi connectivity index (χ1) is 13.8. The van der Waals surface area contributed by atoms with Crippen molar-refractivity contribution in [3.05, 3.63) is 84.4 Å². The molecule has 29 heavy (non-hydrogen) atoms. The maximum Gasteiger partial charge on any atom is 0.191 e. The number of nitrogens with zero attached hydrogens (tertiary/aromatic N) is 3. The van der Waals surface area contributed by atoms with Crippen molar-refractivity contribution in [2.75, 3.05) is 19.7 Å². The Balaban J connectivity index is 0.00000300. The van der Waals surface area contributed by atoms with E-state index in [0.29, 0.717) is 19.7 Å². The molecule has 154 valence electrons. The lowest BCUT2D eigenvalue weighted by molar-refractivity contribution is 0.322. The molecule has 0 bridgehead atoms. The number of ether oxygens (including phenoxy) is 1. The van der Waals surface area contributed by atoms with Crippen molar-refractivity contribution < 1.29 is 4.74 Å². The van der Waals surface area contributed by atoms with Crippen LogP contribution in [0.25, 0.3) is 0 Å². The molecule has 0 aliphatic carbocycles. The predicted molar refractivity (Wildman–Crippen MR) is 128 cm³/mol. The van der Waals surface area contributed by atoms with Gasteiger partial charge in [0, 0.05) is 25.5 Å². The van der Waals surface area contributed by atoms with Crippen LogP contribution in [0, 0.1) is 0 Å². The van der Waals surface area contributed by atoms with Crippen LogP contribution in [0.1, 0.15) is 18.3 Å². The second-order valence-corrected chi connectivity index (χ2v) is 6.24. The van der Waals surface area contributed by atoms with Gasteiger partial charge in [0.15, 0.2) is 5.96 Å². The number of benzene rings is 2. The van der Waals surface area contributed by atoms with Crippen molar-refractivity contribution in [2.45, 2.75) is 20.0 Å². The first kappa shape index (κ1) is 22.7. The van der Waals surface area contributed by atoms with Crippen LogP contribution in [0.15, 0.2) is 78.0 Å². The van der Waals surface area contributed by atoms with Crippen LogP contribution < -0.4 is 15.4 Å². The van der Waals surface area contributed by atoms with Crippen LogP contribution in [0.5, 0.6) is 5.75 Å². The van der Waals surface area contributed by atoms with Gasteiger partial charge in [0.25, 0.3) is 0 Å². The number of imidazole rings is 1. The Bertz CT molecular complexity index is 852. The van der Waals surface area contributed by atoms with Gasteiger partial charge in [-0.2, -0.15) is 0 Å². The van der Waals surface area contributed by atoms with Gasteiger partial charge >= 0.3 is 0 Å². The molecule has 0 aliphatic rings. The van der Waals surface area contributed by atoms with Crippen LogP contribution in [0.3, 0.4) is 0 Å². The molecule has 0 spiro atoms. The van der Waals surface area contributed by atoms with E-state index in [1.165, 1.54) is 5.56 Å². The normalized spacial score (nSPS) is 10.9. The van der Waals surface area contributed by atoms with Crippen molar-refractivity contribution in [1.29, 1.82) is 0 Å². The standard InChI is InChI=1S/C22H27N5O.HI/c1-2-23-22(25-14-16-28-20-11-7-4-8-12-20)26-17-21-24-13-15-27(21)18-19-9-5-3-6-10-19;/h3-13,15H,2,14,16-18H2,1H3,(H2,23,25,26);1H. The molecular weight excluding hydrogens is 477 g/mol. The van der Waals surface area contributed by atoms with Gasteiger partial charge in [-0.05, 0) is 24.6 Å². The summed E-state index contributed by atoms with van der Waals surface area (Å²) in [4.78, 5) is 9.11. The zero-order chi connectivity index (χ0) is 19.4. The molecule has 2 N–H and O–H groups in total. The Hall–Kier alpha value is -2.55. The lowest BCUT2D eigenvalue weighted by atomic mass is 10.2. The third-order valence-corrected chi connectivity index (χ3v) is 4.13. The van der Waals surface area contributed by atoms with Crippen molar-refractivity contribution >= 4 is 29.9 Å². The minimum Gasteiger partial charge on any atom is -0.492 e. The minimum absolute atomic E-state index is 0. The van der Waals surface area contributed by atoms with E-state index < -0.39 is 0 Å². The number of rotatable bonds is 9. The first-order valence-corrected chi connectivity index (χ1v) is 9.59. The summed E-state index contributed by atoms with van der Waals surface area (Å²) in [5.74, 6) is 2.56. The molecular formula is C22H28IN5O. The Labute approximate surface area is 189 Å². The van der Waals surface area contributed by atoms with Crippen molar-refractivity contribution in [3.63, 3.8) is 0 Å². The summed E-state index contributed by atoms with van der Waals surface area (Å²) in [6, 6.07) is 20.2. The average molecular weight is 505 g/mol. The number of hydrogen-bond donors (Lipinski definition) is 2. The van der Waals surface area contributed by atoms with Gasteiger partial charge in [0.05, 0.1) is 6.54 Å². The number of aromatic nitrogens is 2. The van der Waals surface area contributed by atoms with E-state index in [2.05, 4.69) is 49.4 Å². The Morgan fingerprint density at radius 1 is 1.03 bits per heavy atom. The fourth-order valence-electron chi connectivity index (χ4n) is 2.76. The Kier molecular flexibility index (Phi) is 10.1. The van der Waals surface area contributed by atoms with Gasteiger partial charge in [0.2, 0.25) is 0 Å². The summed E-state index contributed by atoms with van der Waals surface area (Å²) in [5.41, 5.74) is 1.24. The van der Waals surface area contributed by atoms with Crippen molar-refractivity contribution in [2.24, 2.45) is 4.99 Å². The van der Waals surface area contributed by atoms with Crippen LogP contribution in [0.2, 0.25) is 0 Å². The molecule has 1 aromatic heterocycles. The molecule has 3 aromatic rings. The molecule has 0 amide bonds. The third-order valence-electron chi connectivity index (χ3n) is 4.13. The first-order valence-electron chi connectivity index (χ1n) is 9.59. The smallest absolute Gasteiger partial charge is 0.191 e. The van der Waals surface area contributed by atoms with Gasteiger partial charge in [-0.3, -0.25) is 0 Å². The fourth-order valence-corrected chi connectivity index (χ4v) is 2.76. The van der Waals surface area contributed by atoms with E-state index in [-0.39, 0.29) is 24.0 Å². The predicted octanol–water partition coefficient (Wildman–Crippen LogP) is 3.68. The summed E-state index contributed by atoms with van der Waals surface area (Å²) < 4.78 is 7.83. The number of para-hydroxylation sites is 1. The molecule has 0 unspecified atom stereocenters. The zero-order valence-corrected chi connectivity index (χ0v) is 19.0. The van der Waals surface area contributed by atoms with E-state index in [4.69, 9.17) is 4.74 Å². The van der Waals surface area contributed by atoms with Crippen LogP contribution in [-0.2, 0) is 13.1 Å². The second kappa shape index (κ2) is 12.8. The van der Waals surface area contributed by atoms with Gasteiger partial charge in [-0.15, -0.1) is 24.0 Å². The van der Waals surface area contributed by atoms with E-state index in [9.17, 15) is 0 Å². The summed E-state index contributed by atoms with van der Waals surface area (Å²) in [6.45, 7) is 5.38. The van der Waals surface area contributed by atoms with Gasteiger partial charge in [0.1, 0.15) is 24.7 Å². The average Bonchev–Trinajstić information content (AvgIpc) is 3.17. The second-order valence-electron chi connectivity index (χ2n) is 6.24. The summed E-state index contributed by atoms with van der Waals surface area (Å²) in [6.07, 6.45) is 3.81. The molecule has 7 heteroatoms. The number of guanidine groups is 1. The van der Waals surface area contributed by atoms with E-state index in [1.54, 1.807) is 0 Å². The summed E-state index contributed by atoms with van der Waals surface area (Å²) in [5, 5.41) is 6.56. The lowest BCUT2D eigenvalue weighted by Gasteiger charge is -2.12. The Morgan fingerprint density at radius 2 is 1.76 bits per heavy atom. The molecule has 0 radical (unpaired) electrons. The highest BCUT2D eigenvalue weighted by atomic mass is 127. The van der Waals surface area contributed by atoms with Crippen LogP contribution in [0.4, 0.5) is 0 Å². The highest BCUT2D eigenvalue weighted by Crippen LogP contribution is 2.08.